The summed E-state index contributed by atoms with van der Waals surface area (Å²) < 4.78 is 11.7. The van der Waals surface area contributed by atoms with Gasteiger partial charge in [0, 0.05) is 18.3 Å². The van der Waals surface area contributed by atoms with Crippen molar-refractivity contribution in [3.63, 3.8) is 0 Å². The number of nitrogens with one attached hydrogen (secondary N) is 1. The highest BCUT2D eigenvalue weighted by Gasteiger charge is 2.19. The van der Waals surface area contributed by atoms with Crippen molar-refractivity contribution in [1.29, 1.82) is 0 Å². The fourth-order valence-electron chi connectivity index (χ4n) is 3.50. The molecule has 0 saturated heterocycles. The van der Waals surface area contributed by atoms with E-state index < -0.39 is 0 Å². The van der Waals surface area contributed by atoms with E-state index in [0.717, 1.165) is 35.6 Å². The average Bonchev–Trinajstić information content (AvgIpc) is 3.26. The Morgan fingerprint density at radius 1 is 1.00 bits per heavy atom. The molecule has 4 rings (SSSR count). The number of methoxy groups -OCH3 is 1. The van der Waals surface area contributed by atoms with E-state index in [4.69, 9.17) is 9.47 Å². The van der Waals surface area contributed by atoms with Crippen LogP contribution in [0.25, 0.3) is 11.3 Å². The van der Waals surface area contributed by atoms with Crippen molar-refractivity contribution in [3.05, 3.63) is 66.4 Å². The van der Waals surface area contributed by atoms with Gasteiger partial charge in [0.15, 0.2) is 11.5 Å². The molecule has 1 heterocycles. The standard InChI is InChI=1S/C23H25N3O2/c1-27-21-12-11-18(15-22(21)28-19-9-5-6-10-19)20-13-14-24-23(26-20)25-16-17-7-3-2-4-8-17/h2-4,7-8,11-15,19H,5-6,9-10,16H2,1H3,(H,24,25,26). The molecular formula is C23H25N3O2. The average molecular weight is 375 g/mol. The molecule has 1 N–H and O–H groups in total. The zero-order valence-corrected chi connectivity index (χ0v) is 16.1. The van der Waals surface area contributed by atoms with Crippen LogP contribution in [0.3, 0.4) is 0 Å². The second-order valence-corrected chi connectivity index (χ2v) is 6.99. The molecule has 0 atom stereocenters. The molecule has 0 bridgehead atoms. The Balaban J connectivity index is 1.53. The van der Waals surface area contributed by atoms with Gasteiger partial charge in [0.25, 0.3) is 0 Å². The molecule has 0 radical (unpaired) electrons. The van der Waals surface area contributed by atoms with Crippen LogP contribution in [-0.2, 0) is 6.54 Å². The molecule has 0 unspecified atom stereocenters. The molecule has 0 spiro atoms. The number of hydrogen-bond acceptors (Lipinski definition) is 5. The zero-order valence-electron chi connectivity index (χ0n) is 16.1. The number of benzene rings is 2. The molecule has 1 aliphatic carbocycles. The van der Waals surface area contributed by atoms with Gasteiger partial charge in [0.05, 0.1) is 18.9 Å². The summed E-state index contributed by atoms with van der Waals surface area (Å²) in [7, 11) is 1.67. The topological polar surface area (TPSA) is 56.3 Å². The molecule has 1 fully saturated rings. The summed E-state index contributed by atoms with van der Waals surface area (Å²) in [6.45, 7) is 0.683. The molecule has 1 aliphatic rings. The second kappa shape index (κ2) is 8.74. The summed E-state index contributed by atoms with van der Waals surface area (Å²) in [5.74, 6) is 2.15. The third kappa shape index (κ3) is 4.42. The highest BCUT2D eigenvalue weighted by molar-refractivity contribution is 5.64. The van der Waals surface area contributed by atoms with Gasteiger partial charge in [-0.15, -0.1) is 0 Å². The number of rotatable bonds is 7. The van der Waals surface area contributed by atoms with Crippen LogP contribution in [0.1, 0.15) is 31.2 Å². The molecule has 5 nitrogen and oxygen atoms in total. The lowest BCUT2D eigenvalue weighted by molar-refractivity contribution is 0.201. The van der Waals surface area contributed by atoms with Gasteiger partial charge in [0.2, 0.25) is 5.95 Å². The van der Waals surface area contributed by atoms with Gasteiger partial charge < -0.3 is 14.8 Å². The van der Waals surface area contributed by atoms with Gasteiger partial charge in [-0.3, -0.25) is 0 Å². The van der Waals surface area contributed by atoms with Crippen molar-refractivity contribution in [2.75, 3.05) is 12.4 Å². The Labute approximate surface area is 165 Å². The Bertz CT molecular complexity index is 909. The maximum Gasteiger partial charge on any atom is 0.223 e. The predicted octanol–water partition coefficient (Wildman–Crippen LogP) is 5.09. The van der Waals surface area contributed by atoms with Crippen LogP contribution in [0.4, 0.5) is 5.95 Å². The lowest BCUT2D eigenvalue weighted by Crippen LogP contribution is -2.11. The quantitative estimate of drug-likeness (QED) is 0.624. The molecule has 3 aromatic rings. The van der Waals surface area contributed by atoms with Gasteiger partial charge in [0.1, 0.15) is 0 Å². The van der Waals surface area contributed by atoms with Crippen molar-refractivity contribution in [3.8, 4) is 22.8 Å². The maximum atomic E-state index is 6.21. The Kier molecular flexibility index (Phi) is 5.71. The van der Waals surface area contributed by atoms with Crippen LogP contribution in [0.2, 0.25) is 0 Å². The van der Waals surface area contributed by atoms with Crippen molar-refractivity contribution in [1.82, 2.24) is 9.97 Å². The van der Waals surface area contributed by atoms with Crippen molar-refractivity contribution in [2.24, 2.45) is 0 Å². The first-order valence-electron chi connectivity index (χ1n) is 9.78. The second-order valence-electron chi connectivity index (χ2n) is 6.99. The van der Waals surface area contributed by atoms with Gasteiger partial charge in [-0.1, -0.05) is 30.3 Å². The van der Waals surface area contributed by atoms with Crippen LogP contribution >= 0.6 is 0 Å². The van der Waals surface area contributed by atoms with Crippen LogP contribution in [0, 0.1) is 0 Å². The minimum atomic E-state index is 0.276. The van der Waals surface area contributed by atoms with Gasteiger partial charge in [-0.2, -0.15) is 0 Å². The van der Waals surface area contributed by atoms with Gasteiger partial charge in [-0.25, -0.2) is 9.97 Å². The van der Waals surface area contributed by atoms with Gasteiger partial charge in [-0.05, 0) is 55.5 Å². The van der Waals surface area contributed by atoms with E-state index in [9.17, 15) is 0 Å². The summed E-state index contributed by atoms with van der Waals surface area (Å²) in [5, 5.41) is 3.29. The molecular weight excluding hydrogens is 350 g/mol. The van der Waals surface area contributed by atoms with Crippen LogP contribution in [-0.4, -0.2) is 23.2 Å². The minimum absolute atomic E-state index is 0.276. The third-order valence-corrected chi connectivity index (χ3v) is 5.00. The lowest BCUT2D eigenvalue weighted by Gasteiger charge is -2.17. The maximum absolute atomic E-state index is 6.21. The van der Waals surface area contributed by atoms with E-state index in [1.165, 1.54) is 18.4 Å². The van der Waals surface area contributed by atoms with E-state index in [0.29, 0.717) is 12.5 Å². The molecule has 28 heavy (non-hydrogen) atoms. The highest BCUT2D eigenvalue weighted by Crippen LogP contribution is 2.35. The summed E-state index contributed by atoms with van der Waals surface area (Å²) in [6.07, 6.45) is 6.72. The zero-order chi connectivity index (χ0) is 19.2. The van der Waals surface area contributed by atoms with Crippen molar-refractivity contribution < 1.29 is 9.47 Å². The minimum Gasteiger partial charge on any atom is -0.493 e. The molecule has 0 aliphatic heterocycles. The molecule has 5 heteroatoms. The largest absolute Gasteiger partial charge is 0.493 e. The predicted molar refractivity (Wildman–Crippen MR) is 111 cm³/mol. The van der Waals surface area contributed by atoms with Crippen LogP contribution in [0.5, 0.6) is 11.5 Å². The first-order chi connectivity index (χ1) is 13.8. The Hall–Kier alpha value is -3.08. The highest BCUT2D eigenvalue weighted by atomic mass is 16.5. The number of anilines is 1. The SMILES string of the molecule is COc1ccc(-c2ccnc(NCc3ccccc3)n2)cc1OC1CCCC1. The fraction of sp³-hybridized carbons (Fsp3) is 0.304. The van der Waals surface area contributed by atoms with E-state index in [-0.39, 0.29) is 6.10 Å². The molecule has 0 amide bonds. The van der Waals surface area contributed by atoms with E-state index in [1.807, 2.05) is 42.5 Å². The first-order valence-corrected chi connectivity index (χ1v) is 9.78. The van der Waals surface area contributed by atoms with E-state index in [1.54, 1.807) is 13.3 Å². The van der Waals surface area contributed by atoms with Crippen molar-refractivity contribution in [2.45, 2.75) is 38.3 Å². The first kappa shape index (κ1) is 18.3. The van der Waals surface area contributed by atoms with E-state index >= 15 is 0 Å². The summed E-state index contributed by atoms with van der Waals surface area (Å²) in [6, 6.07) is 18.1. The van der Waals surface area contributed by atoms with Gasteiger partial charge >= 0.3 is 0 Å². The molecule has 1 saturated carbocycles. The summed E-state index contributed by atoms with van der Waals surface area (Å²) in [4.78, 5) is 9.01. The monoisotopic (exact) mass is 375 g/mol. The number of nitrogens with zero attached hydrogens (tertiary/aromatic N) is 2. The van der Waals surface area contributed by atoms with Crippen molar-refractivity contribution >= 4 is 5.95 Å². The number of hydrogen-bond donors (Lipinski definition) is 1. The van der Waals surface area contributed by atoms with Crippen LogP contribution in [0.15, 0.2) is 60.8 Å². The fourth-order valence-corrected chi connectivity index (χ4v) is 3.50. The molecule has 2 aromatic carbocycles. The normalized spacial score (nSPS) is 14.0. The molecule has 144 valence electrons. The lowest BCUT2D eigenvalue weighted by atomic mass is 10.1. The third-order valence-electron chi connectivity index (χ3n) is 5.00. The number of aromatic nitrogens is 2. The molecule has 1 aromatic heterocycles. The summed E-state index contributed by atoms with van der Waals surface area (Å²) >= 11 is 0. The number of ether oxygens (including phenoxy) is 2. The van der Waals surface area contributed by atoms with Crippen LogP contribution < -0.4 is 14.8 Å². The summed E-state index contributed by atoms with van der Waals surface area (Å²) in [5.41, 5.74) is 3.02. The Morgan fingerprint density at radius 3 is 2.61 bits per heavy atom. The Morgan fingerprint density at radius 2 is 1.82 bits per heavy atom. The smallest absolute Gasteiger partial charge is 0.223 e. The van der Waals surface area contributed by atoms with E-state index in [2.05, 4.69) is 27.4 Å².